The first-order valence-electron chi connectivity index (χ1n) is 6.35. The van der Waals surface area contributed by atoms with E-state index in [1.807, 2.05) is 29.9 Å². The lowest BCUT2D eigenvalue weighted by atomic mass is 9.96. The monoisotopic (exact) mass is 294 g/mol. The van der Waals surface area contributed by atoms with Gasteiger partial charge in [0.25, 0.3) is 0 Å². The van der Waals surface area contributed by atoms with Crippen molar-refractivity contribution >= 4 is 22.9 Å². The summed E-state index contributed by atoms with van der Waals surface area (Å²) < 4.78 is 6.08. The van der Waals surface area contributed by atoms with Gasteiger partial charge < -0.3 is 10.1 Å². The van der Waals surface area contributed by atoms with E-state index in [2.05, 4.69) is 17.2 Å². The van der Waals surface area contributed by atoms with Crippen LogP contribution in [0.25, 0.3) is 0 Å². The van der Waals surface area contributed by atoms with Crippen LogP contribution < -0.4 is 10.1 Å². The fraction of sp³-hybridized carbons (Fsp3) is 0.357. The summed E-state index contributed by atoms with van der Waals surface area (Å²) in [6.07, 6.45) is 2.87. The van der Waals surface area contributed by atoms with Gasteiger partial charge in [0.1, 0.15) is 11.9 Å². The summed E-state index contributed by atoms with van der Waals surface area (Å²) >= 11 is 7.72. The topological polar surface area (TPSA) is 34.2 Å². The van der Waals surface area contributed by atoms with Crippen LogP contribution >= 0.6 is 22.9 Å². The minimum atomic E-state index is 0.0743. The lowest BCUT2D eigenvalue weighted by molar-refractivity contribution is 0.155. The summed E-state index contributed by atoms with van der Waals surface area (Å²) in [7, 11) is 0. The highest BCUT2D eigenvalue weighted by Gasteiger charge is 2.29. The molecule has 0 aliphatic carbocycles. The molecule has 0 saturated carbocycles. The van der Waals surface area contributed by atoms with Gasteiger partial charge in [-0.1, -0.05) is 18.5 Å². The van der Waals surface area contributed by atoms with Gasteiger partial charge in [0.05, 0.1) is 10.4 Å². The quantitative estimate of drug-likeness (QED) is 0.930. The Hall–Kier alpha value is -1.10. The Morgan fingerprint density at radius 3 is 3.16 bits per heavy atom. The molecule has 0 fully saturated rings. The zero-order valence-corrected chi connectivity index (χ0v) is 12.2. The van der Waals surface area contributed by atoms with E-state index in [0.717, 1.165) is 29.3 Å². The Balaban J connectivity index is 1.95. The van der Waals surface area contributed by atoms with E-state index in [1.165, 1.54) is 4.88 Å². The number of hydrogen-bond donors (Lipinski definition) is 1. The largest absolute Gasteiger partial charge is 0.484 e. The molecule has 0 amide bonds. The van der Waals surface area contributed by atoms with E-state index in [9.17, 15) is 0 Å². The SMILES string of the molecule is CCNC1CC(c2cncs2)Oc2ccc(Cl)cc21. The van der Waals surface area contributed by atoms with Crippen LogP contribution in [0.4, 0.5) is 0 Å². The first kappa shape index (κ1) is 12.9. The van der Waals surface area contributed by atoms with Crippen LogP contribution in [0.2, 0.25) is 5.02 Å². The maximum atomic E-state index is 6.09. The summed E-state index contributed by atoms with van der Waals surface area (Å²) in [5.74, 6) is 0.917. The van der Waals surface area contributed by atoms with Crippen LogP contribution in [-0.2, 0) is 0 Å². The normalized spacial score (nSPS) is 21.8. The highest BCUT2D eigenvalue weighted by atomic mass is 35.5. The molecule has 100 valence electrons. The molecule has 1 aliphatic rings. The molecule has 0 spiro atoms. The lowest BCUT2D eigenvalue weighted by Gasteiger charge is -2.32. The number of aromatic nitrogens is 1. The van der Waals surface area contributed by atoms with E-state index < -0.39 is 0 Å². The summed E-state index contributed by atoms with van der Waals surface area (Å²) in [5, 5.41) is 4.26. The number of nitrogens with zero attached hydrogens (tertiary/aromatic N) is 1. The van der Waals surface area contributed by atoms with Gasteiger partial charge in [-0.05, 0) is 24.7 Å². The Labute approximate surface area is 121 Å². The van der Waals surface area contributed by atoms with E-state index in [0.29, 0.717) is 0 Å². The summed E-state index contributed by atoms with van der Waals surface area (Å²) in [4.78, 5) is 5.31. The Kier molecular flexibility index (Phi) is 3.73. The number of nitrogens with one attached hydrogen (secondary N) is 1. The lowest BCUT2D eigenvalue weighted by Crippen LogP contribution is -2.28. The van der Waals surface area contributed by atoms with Crippen molar-refractivity contribution in [3.63, 3.8) is 0 Å². The summed E-state index contributed by atoms with van der Waals surface area (Å²) in [6, 6.07) is 6.10. The minimum Gasteiger partial charge on any atom is -0.484 e. The van der Waals surface area contributed by atoms with Crippen LogP contribution in [0, 0.1) is 0 Å². The highest BCUT2D eigenvalue weighted by Crippen LogP contribution is 2.42. The van der Waals surface area contributed by atoms with Crippen molar-refractivity contribution in [3.8, 4) is 5.75 Å². The second-order valence-corrected chi connectivity index (χ2v) is 5.89. The van der Waals surface area contributed by atoms with Gasteiger partial charge in [-0.3, -0.25) is 4.98 Å². The van der Waals surface area contributed by atoms with E-state index in [1.54, 1.807) is 11.3 Å². The van der Waals surface area contributed by atoms with Crippen LogP contribution in [0.1, 0.15) is 35.9 Å². The molecule has 5 heteroatoms. The molecule has 2 heterocycles. The van der Waals surface area contributed by atoms with Crippen molar-refractivity contribution in [2.75, 3.05) is 6.54 Å². The van der Waals surface area contributed by atoms with Gasteiger partial charge >= 0.3 is 0 Å². The first-order valence-corrected chi connectivity index (χ1v) is 7.61. The number of benzene rings is 1. The standard InChI is InChI=1S/C14H15ClN2OS/c1-2-17-11-6-13(14-7-16-8-19-14)18-12-4-3-9(15)5-10(11)12/h3-5,7-8,11,13,17H,2,6H2,1H3. The number of fused-ring (bicyclic) bond motifs is 1. The fourth-order valence-corrected chi connectivity index (χ4v) is 3.28. The van der Waals surface area contributed by atoms with E-state index in [4.69, 9.17) is 16.3 Å². The summed E-state index contributed by atoms with van der Waals surface area (Å²) in [6.45, 7) is 3.04. The molecule has 1 aromatic heterocycles. The average Bonchev–Trinajstić information content (AvgIpc) is 2.93. The van der Waals surface area contributed by atoms with Gasteiger partial charge in [0, 0.05) is 29.2 Å². The van der Waals surface area contributed by atoms with Crippen molar-refractivity contribution < 1.29 is 4.74 Å². The molecule has 1 aliphatic heterocycles. The number of rotatable bonds is 3. The number of hydrogen-bond acceptors (Lipinski definition) is 4. The molecule has 19 heavy (non-hydrogen) atoms. The molecule has 2 unspecified atom stereocenters. The van der Waals surface area contributed by atoms with E-state index >= 15 is 0 Å². The van der Waals surface area contributed by atoms with Gasteiger partial charge in [0.2, 0.25) is 0 Å². The maximum absolute atomic E-state index is 6.09. The van der Waals surface area contributed by atoms with E-state index in [-0.39, 0.29) is 12.1 Å². The van der Waals surface area contributed by atoms with Gasteiger partial charge in [-0.15, -0.1) is 11.3 Å². The molecular weight excluding hydrogens is 280 g/mol. The fourth-order valence-electron chi connectivity index (χ4n) is 2.44. The number of halogens is 1. The number of ether oxygens (including phenoxy) is 1. The minimum absolute atomic E-state index is 0.0743. The Morgan fingerprint density at radius 1 is 1.53 bits per heavy atom. The molecule has 1 N–H and O–H groups in total. The van der Waals surface area contributed by atoms with Gasteiger partial charge in [0.15, 0.2) is 0 Å². The second kappa shape index (κ2) is 5.49. The average molecular weight is 295 g/mol. The third-order valence-corrected chi connectivity index (χ3v) is 4.39. The molecule has 0 bridgehead atoms. The zero-order chi connectivity index (χ0) is 13.2. The van der Waals surface area contributed by atoms with Crippen molar-refractivity contribution in [2.24, 2.45) is 0 Å². The van der Waals surface area contributed by atoms with Crippen LogP contribution in [-0.4, -0.2) is 11.5 Å². The van der Waals surface area contributed by atoms with Crippen molar-refractivity contribution in [3.05, 3.63) is 45.4 Å². The molecule has 2 atom stereocenters. The Morgan fingerprint density at radius 2 is 2.42 bits per heavy atom. The molecule has 3 nitrogen and oxygen atoms in total. The molecule has 3 rings (SSSR count). The number of thiazole rings is 1. The molecular formula is C14H15ClN2OS. The molecule has 0 saturated heterocycles. The van der Waals surface area contributed by atoms with Gasteiger partial charge in [-0.25, -0.2) is 0 Å². The predicted molar refractivity (Wildman–Crippen MR) is 78.0 cm³/mol. The second-order valence-electron chi connectivity index (χ2n) is 4.54. The van der Waals surface area contributed by atoms with Crippen LogP contribution in [0.3, 0.4) is 0 Å². The van der Waals surface area contributed by atoms with Crippen LogP contribution in [0.15, 0.2) is 29.9 Å². The third kappa shape index (κ3) is 2.61. The molecule has 0 radical (unpaired) electrons. The Bertz CT molecular complexity index is 559. The van der Waals surface area contributed by atoms with Crippen molar-refractivity contribution in [2.45, 2.75) is 25.5 Å². The highest BCUT2D eigenvalue weighted by molar-refractivity contribution is 7.09. The van der Waals surface area contributed by atoms with Crippen molar-refractivity contribution in [1.29, 1.82) is 0 Å². The maximum Gasteiger partial charge on any atom is 0.136 e. The van der Waals surface area contributed by atoms with Crippen molar-refractivity contribution in [1.82, 2.24) is 10.3 Å². The summed E-state index contributed by atoms with van der Waals surface area (Å²) in [5.41, 5.74) is 2.99. The smallest absolute Gasteiger partial charge is 0.136 e. The molecule has 1 aromatic carbocycles. The molecule has 2 aromatic rings. The zero-order valence-electron chi connectivity index (χ0n) is 10.6. The first-order chi connectivity index (χ1) is 9.28. The van der Waals surface area contributed by atoms with Crippen LogP contribution in [0.5, 0.6) is 5.75 Å². The predicted octanol–water partition coefficient (Wildman–Crippen LogP) is 3.97. The third-order valence-electron chi connectivity index (χ3n) is 3.29. The van der Waals surface area contributed by atoms with Gasteiger partial charge in [-0.2, -0.15) is 0 Å².